The molecule has 1 fully saturated rings. The van der Waals surface area contributed by atoms with Crippen LogP contribution in [-0.2, 0) is 0 Å². The second-order valence-corrected chi connectivity index (χ2v) is 6.57. The average Bonchev–Trinajstić information content (AvgIpc) is 3.43. The van der Waals surface area contributed by atoms with Crippen LogP contribution in [0.2, 0.25) is 0 Å². The Bertz CT molecular complexity index is 951. The maximum absolute atomic E-state index is 13.0. The maximum atomic E-state index is 13.0. The van der Waals surface area contributed by atoms with Crippen LogP contribution in [0.4, 0.5) is 0 Å². The zero-order chi connectivity index (χ0) is 19.5. The summed E-state index contributed by atoms with van der Waals surface area (Å²) in [6.45, 7) is 0.662. The van der Waals surface area contributed by atoms with Crippen LogP contribution >= 0.6 is 0 Å². The average molecular weight is 379 g/mol. The van der Waals surface area contributed by atoms with Gasteiger partial charge in [0.05, 0.1) is 14.2 Å². The first-order valence-electron chi connectivity index (χ1n) is 9.12. The van der Waals surface area contributed by atoms with Gasteiger partial charge in [-0.1, -0.05) is 5.16 Å². The highest BCUT2D eigenvalue weighted by atomic mass is 16.5. The zero-order valence-corrected chi connectivity index (χ0v) is 15.8. The highest BCUT2D eigenvalue weighted by Crippen LogP contribution is 2.33. The minimum absolute atomic E-state index is 0.0469. The molecule has 0 aliphatic carbocycles. The van der Waals surface area contributed by atoms with E-state index in [-0.39, 0.29) is 11.9 Å². The lowest BCUT2D eigenvalue weighted by molar-refractivity contribution is 0.0710. The molecule has 4 rings (SSSR count). The summed E-state index contributed by atoms with van der Waals surface area (Å²) in [6.07, 6.45) is 1.69. The minimum atomic E-state index is -0.214. The van der Waals surface area contributed by atoms with Gasteiger partial charge in [0.15, 0.2) is 0 Å². The zero-order valence-electron chi connectivity index (χ0n) is 15.8. The van der Waals surface area contributed by atoms with E-state index in [2.05, 4.69) is 10.1 Å². The van der Waals surface area contributed by atoms with Gasteiger partial charge in [-0.05, 0) is 61.4 Å². The molecule has 1 aliphatic rings. The summed E-state index contributed by atoms with van der Waals surface area (Å²) in [5, 5.41) is 4.09. The van der Waals surface area contributed by atoms with Gasteiger partial charge in [-0.15, -0.1) is 0 Å². The number of aromatic nitrogens is 2. The summed E-state index contributed by atoms with van der Waals surface area (Å²) < 4.78 is 15.8. The van der Waals surface area contributed by atoms with Gasteiger partial charge in [-0.3, -0.25) is 4.79 Å². The third kappa shape index (κ3) is 3.43. The van der Waals surface area contributed by atoms with E-state index >= 15 is 0 Å². The standard InChI is InChI=1S/C21H21N3O4/c1-26-16-9-5-14(6-10-16)19-22-20(28-23-19)18-4-3-13-24(18)21(25)15-7-11-17(27-2)12-8-15/h5-12,18H,3-4,13H2,1-2H3/t18-/m1/s1. The number of carbonyl (C=O) groups is 1. The van der Waals surface area contributed by atoms with E-state index in [0.29, 0.717) is 23.8 Å². The van der Waals surface area contributed by atoms with Crippen LogP contribution in [0.5, 0.6) is 11.5 Å². The van der Waals surface area contributed by atoms with Gasteiger partial charge >= 0.3 is 0 Å². The predicted molar refractivity (Wildman–Crippen MR) is 102 cm³/mol. The molecule has 0 saturated carbocycles. The third-order valence-corrected chi connectivity index (χ3v) is 4.93. The molecule has 1 saturated heterocycles. The normalized spacial score (nSPS) is 16.2. The fourth-order valence-electron chi connectivity index (χ4n) is 3.39. The Morgan fingerprint density at radius 1 is 1.04 bits per heavy atom. The molecule has 0 unspecified atom stereocenters. The molecule has 1 aliphatic heterocycles. The fourth-order valence-corrected chi connectivity index (χ4v) is 3.39. The number of likely N-dealkylation sites (tertiary alicyclic amines) is 1. The van der Waals surface area contributed by atoms with Gasteiger partial charge < -0.3 is 18.9 Å². The third-order valence-electron chi connectivity index (χ3n) is 4.93. The van der Waals surface area contributed by atoms with Gasteiger partial charge in [0, 0.05) is 17.7 Å². The van der Waals surface area contributed by atoms with Crippen LogP contribution in [-0.4, -0.2) is 41.7 Å². The molecule has 1 atom stereocenters. The van der Waals surface area contributed by atoms with Crippen LogP contribution in [0.3, 0.4) is 0 Å². The lowest BCUT2D eigenvalue weighted by atomic mass is 10.1. The molecule has 1 amide bonds. The molecule has 3 aromatic rings. The first-order valence-corrected chi connectivity index (χ1v) is 9.12. The van der Waals surface area contributed by atoms with E-state index in [4.69, 9.17) is 14.0 Å². The summed E-state index contributed by atoms with van der Waals surface area (Å²) in [5.74, 6) is 2.40. The van der Waals surface area contributed by atoms with E-state index in [1.807, 2.05) is 24.3 Å². The number of benzene rings is 2. The monoisotopic (exact) mass is 379 g/mol. The van der Waals surface area contributed by atoms with Crippen LogP contribution < -0.4 is 9.47 Å². The molecule has 0 radical (unpaired) electrons. The van der Waals surface area contributed by atoms with Crippen molar-refractivity contribution in [3.63, 3.8) is 0 Å². The molecule has 7 nitrogen and oxygen atoms in total. The lowest BCUT2D eigenvalue weighted by Crippen LogP contribution is -2.30. The van der Waals surface area contributed by atoms with Crippen LogP contribution in [0.25, 0.3) is 11.4 Å². The number of hydrogen-bond donors (Lipinski definition) is 0. The highest BCUT2D eigenvalue weighted by molar-refractivity contribution is 5.94. The second-order valence-electron chi connectivity index (χ2n) is 6.57. The summed E-state index contributed by atoms with van der Waals surface area (Å²) in [7, 11) is 3.22. The van der Waals surface area contributed by atoms with Gasteiger partial charge in [-0.25, -0.2) is 0 Å². The Morgan fingerprint density at radius 3 is 2.32 bits per heavy atom. The van der Waals surface area contributed by atoms with Crippen molar-refractivity contribution in [3.05, 3.63) is 60.0 Å². The molecule has 144 valence electrons. The Hall–Kier alpha value is -3.35. The summed E-state index contributed by atoms with van der Waals surface area (Å²) in [5.41, 5.74) is 1.45. The van der Waals surface area contributed by atoms with E-state index in [1.165, 1.54) is 0 Å². The molecule has 0 N–H and O–H groups in total. The molecule has 7 heteroatoms. The van der Waals surface area contributed by atoms with Crippen LogP contribution in [0.15, 0.2) is 53.1 Å². The minimum Gasteiger partial charge on any atom is -0.497 e. The molecule has 1 aromatic heterocycles. The molecule has 2 aromatic carbocycles. The second kappa shape index (κ2) is 7.72. The van der Waals surface area contributed by atoms with Crippen molar-refractivity contribution in [2.75, 3.05) is 20.8 Å². The highest BCUT2D eigenvalue weighted by Gasteiger charge is 2.34. The van der Waals surface area contributed by atoms with Crippen LogP contribution in [0, 0.1) is 0 Å². The van der Waals surface area contributed by atoms with E-state index < -0.39 is 0 Å². The fraction of sp³-hybridized carbons (Fsp3) is 0.286. The number of methoxy groups -OCH3 is 2. The first-order chi connectivity index (χ1) is 13.7. The number of amides is 1. The molecular weight excluding hydrogens is 358 g/mol. The largest absolute Gasteiger partial charge is 0.497 e. The molecular formula is C21H21N3O4. The van der Waals surface area contributed by atoms with E-state index in [0.717, 1.165) is 29.9 Å². The summed E-state index contributed by atoms with van der Waals surface area (Å²) in [6, 6.07) is 14.3. The van der Waals surface area contributed by atoms with Crippen molar-refractivity contribution in [3.8, 4) is 22.9 Å². The van der Waals surface area contributed by atoms with Crippen molar-refractivity contribution >= 4 is 5.91 Å². The van der Waals surface area contributed by atoms with E-state index in [1.54, 1.807) is 43.4 Å². The molecule has 0 spiro atoms. The number of rotatable bonds is 5. The van der Waals surface area contributed by atoms with Crippen molar-refractivity contribution in [2.24, 2.45) is 0 Å². The maximum Gasteiger partial charge on any atom is 0.254 e. The molecule has 2 heterocycles. The van der Waals surface area contributed by atoms with Gasteiger partial charge in [0.25, 0.3) is 5.91 Å². The number of carbonyl (C=O) groups excluding carboxylic acids is 1. The van der Waals surface area contributed by atoms with Gasteiger partial charge in [-0.2, -0.15) is 4.98 Å². The summed E-state index contributed by atoms with van der Waals surface area (Å²) in [4.78, 5) is 19.3. The summed E-state index contributed by atoms with van der Waals surface area (Å²) >= 11 is 0. The first kappa shape index (κ1) is 18.0. The topological polar surface area (TPSA) is 77.7 Å². The van der Waals surface area contributed by atoms with Gasteiger partial charge in [0.2, 0.25) is 11.7 Å². The van der Waals surface area contributed by atoms with Crippen molar-refractivity contribution in [2.45, 2.75) is 18.9 Å². The predicted octanol–water partition coefficient (Wildman–Crippen LogP) is 3.73. The molecule has 28 heavy (non-hydrogen) atoms. The van der Waals surface area contributed by atoms with Crippen LogP contribution in [0.1, 0.15) is 35.1 Å². The van der Waals surface area contributed by atoms with Crippen molar-refractivity contribution in [1.82, 2.24) is 15.0 Å². The number of nitrogens with zero attached hydrogens (tertiary/aromatic N) is 3. The Balaban J connectivity index is 1.54. The van der Waals surface area contributed by atoms with Crippen molar-refractivity contribution < 1.29 is 18.8 Å². The lowest BCUT2D eigenvalue weighted by Gasteiger charge is -2.22. The van der Waals surface area contributed by atoms with Crippen molar-refractivity contribution in [1.29, 1.82) is 0 Å². The Kier molecular flexibility index (Phi) is 4.97. The molecule has 0 bridgehead atoms. The quantitative estimate of drug-likeness (QED) is 0.672. The van der Waals surface area contributed by atoms with E-state index in [9.17, 15) is 4.79 Å². The number of hydrogen-bond acceptors (Lipinski definition) is 6. The Morgan fingerprint density at radius 2 is 1.68 bits per heavy atom. The van der Waals surface area contributed by atoms with Gasteiger partial charge in [0.1, 0.15) is 17.5 Å². The SMILES string of the molecule is COc1ccc(C(=O)N2CCC[C@@H]2c2nc(-c3ccc(OC)cc3)no2)cc1. The number of ether oxygens (including phenoxy) is 2. The smallest absolute Gasteiger partial charge is 0.254 e. The Labute approximate surface area is 162 Å².